The average Bonchev–Trinajstić information content (AvgIpc) is 2.08. The van der Waals surface area contributed by atoms with Crippen molar-refractivity contribution in [3.05, 3.63) is 26.6 Å². The second-order valence-corrected chi connectivity index (χ2v) is 3.73. The van der Waals surface area contributed by atoms with Crippen LogP contribution in [-0.4, -0.2) is 15.0 Å². The zero-order valence-electron chi connectivity index (χ0n) is 7.34. The number of H-pyrrole nitrogens is 1. The molecule has 0 amide bonds. The summed E-state index contributed by atoms with van der Waals surface area (Å²) < 4.78 is 0.460. The van der Waals surface area contributed by atoms with Crippen LogP contribution in [0.4, 0.5) is 5.95 Å². The maximum atomic E-state index is 11.3. The van der Waals surface area contributed by atoms with Gasteiger partial charge in [0.15, 0.2) is 0 Å². The molecule has 0 aliphatic carbocycles. The van der Waals surface area contributed by atoms with Crippen LogP contribution in [0.25, 0.3) is 11.0 Å². The molecule has 2 rings (SSSR count). The topological polar surface area (TPSA) is 84.7 Å². The summed E-state index contributed by atoms with van der Waals surface area (Å²) in [4.78, 5) is 21.8. The Morgan fingerprint density at radius 3 is 2.93 bits per heavy atom. The van der Waals surface area contributed by atoms with Crippen molar-refractivity contribution in [3.63, 3.8) is 0 Å². The third-order valence-electron chi connectivity index (χ3n) is 1.87. The first-order chi connectivity index (χ1) is 6.58. The van der Waals surface area contributed by atoms with Crippen molar-refractivity contribution < 1.29 is 0 Å². The minimum Gasteiger partial charge on any atom is -0.368 e. The van der Waals surface area contributed by atoms with Crippen molar-refractivity contribution in [1.29, 1.82) is 0 Å². The number of pyridine rings is 1. The first kappa shape index (κ1) is 9.14. The van der Waals surface area contributed by atoms with E-state index in [0.29, 0.717) is 10.1 Å². The van der Waals surface area contributed by atoms with Gasteiger partial charge in [-0.1, -0.05) is 0 Å². The first-order valence-electron chi connectivity index (χ1n) is 3.90. The number of aromatic nitrogens is 3. The predicted molar refractivity (Wildman–Crippen MR) is 57.0 cm³/mol. The first-order valence-corrected chi connectivity index (χ1v) is 4.70. The second-order valence-electron chi connectivity index (χ2n) is 2.88. The van der Waals surface area contributed by atoms with Gasteiger partial charge in [0.05, 0.1) is 10.2 Å². The van der Waals surface area contributed by atoms with Crippen LogP contribution < -0.4 is 11.3 Å². The van der Waals surface area contributed by atoms with Gasteiger partial charge in [0.1, 0.15) is 5.65 Å². The molecule has 72 valence electrons. The molecule has 0 bridgehead atoms. The molecule has 0 spiro atoms. The predicted octanol–water partition coefficient (Wildman–Crippen LogP) is 0.971. The van der Waals surface area contributed by atoms with Crippen LogP contribution in [0.5, 0.6) is 0 Å². The third kappa shape index (κ3) is 1.37. The highest BCUT2D eigenvalue weighted by atomic mass is 79.9. The van der Waals surface area contributed by atoms with Crippen molar-refractivity contribution >= 4 is 32.9 Å². The Morgan fingerprint density at radius 1 is 1.50 bits per heavy atom. The lowest BCUT2D eigenvalue weighted by atomic mass is 10.2. The number of hydrogen-bond acceptors (Lipinski definition) is 4. The minimum atomic E-state index is -0.227. The van der Waals surface area contributed by atoms with E-state index in [0.717, 1.165) is 11.1 Å². The Kier molecular flexibility index (Phi) is 1.99. The zero-order valence-corrected chi connectivity index (χ0v) is 8.92. The van der Waals surface area contributed by atoms with Crippen molar-refractivity contribution in [1.82, 2.24) is 15.0 Å². The average molecular weight is 255 g/mol. The normalized spacial score (nSPS) is 10.7. The number of rotatable bonds is 0. The maximum absolute atomic E-state index is 11.3. The summed E-state index contributed by atoms with van der Waals surface area (Å²) in [5.41, 5.74) is 6.43. The molecule has 6 heteroatoms. The van der Waals surface area contributed by atoms with E-state index in [-0.39, 0.29) is 11.5 Å². The highest BCUT2D eigenvalue weighted by Crippen LogP contribution is 2.15. The molecule has 0 saturated heterocycles. The summed E-state index contributed by atoms with van der Waals surface area (Å²) in [5.74, 6) is 0.160. The largest absolute Gasteiger partial charge is 0.368 e. The molecular formula is C8H7BrN4O. The number of nitrogens with zero attached hydrogens (tertiary/aromatic N) is 2. The Hall–Kier alpha value is -1.43. The molecule has 0 saturated carbocycles. The lowest BCUT2D eigenvalue weighted by Crippen LogP contribution is -2.09. The van der Waals surface area contributed by atoms with Gasteiger partial charge >= 0.3 is 0 Å². The van der Waals surface area contributed by atoms with E-state index in [4.69, 9.17) is 5.73 Å². The molecule has 0 radical (unpaired) electrons. The van der Waals surface area contributed by atoms with Crippen molar-refractivity contribution in [2.75, 3.05) is 5.73 Å². The summed E-state index contributed by atoms with van der Waals surface area (Å²) in [6.07, 6.45) is 0. The fraction of sp³-hybridized carbons (Fsp3) is 0.125. The van der Waals surface area contributed by atoms with Gasteiger partial charge in [-0.05, 0) is 28.9 Å². The molecule has 0 aliphatic rings. The van der Waals surface area contributed by atoms with Crippen molar-refractivity contribution in [3.8, 4) is 0 Å². The van der Waals surface area contributed by atoms with Crippen molar-refractivity contribution in [2.45, 2.75) is 6.92 Å². The van der Waals surface area contributed by atoms with Gasteiger partial charge in [0, 0.05) is 5.39 Å². The number of anilines is 1. The summed E-state index contributed by atoms with van der Waals surface area (Å²) in [5, 5.41) is 0.783. The molecule has 14 heavy (non-hydrogen) atoms. The molecule has 3 N–H and O–H groups in total. The van der Waals surface area contributed by atoms with Crippen LogP contribution in [-0.2, 0) is 0 Å². The monoisotopic (exact) mass is 254 g/mol. The van der Waals surface area contributed by atoms with Gasteiger partial charge in [-0.3, -0.25) is 4.79 Å². The zero-order chi connectivity index (χ0) is 10.3. The second kappa shape index (κ2) is 3.06. The Bertz CT molecular complexity index is 563. The van der Waals surface area contributed by atoms with E-state index in [1.54, 1.807) is 6.07 Å². The molecule has 0 unspecified atom stereocenters. The van der Waals surface area contributed by atoms with Gasteiger partial charge in [0.2, 0.25) is 5.95 Å². The number of nitrogen functional groups attached to an aromatic ring is 1. The van der Waals surface area contributed by atoms with E-state index < -0.39 is 0 Å². The summed E-state index contributed by atoms with van der Waals surface area (Å²) in [7, 11) is 0. The lowest BCUT2D eigenvalue weighted by molar-refractivity contribution is 1.12. The SMILES string of the molecule is Cc1nc(N)nc2[nH]c(=O)c(Br)cc12. The molecule has 2 aromatic heterocycles. The van der Waals surface area contributed by atoms with Crippen LogP contribution in [0.3, 0.4) is 0 Å². The number of hydrogen-bond donors (Lipinski definition) is 2. The molecule has 0 atom stereocenters. The van der Waals surface area contributed by atoms with Crippen LogP contribution >= 0.6 is 15.9 Å². The van der Waals surface area contributed by atoms with Gasteiger partial charge in [-0.25, -0.2) is 4.98 Å². The molecule has 2 heterocycles. The third-order valence-corrected chi connectivity index (χ3v) is 2.46. The fourth-order valence-corrected chi connectivity index (χ4v) is 1.56. The molecule has 2 aromatic rings. The van der Waals surface area contributed by atoms with Gasteiger partial charge < -0.3 is 10.7 Å². The van der Waals surface area contributed by atoms with Gasteiger partial charge in [-0.2, -0.15) is 4.98 Å². The maximum Gasteiger partial charge on any atom is 0.263 e. The number of nitrogens with one attached hydrogen (secondary N) is 1. The quantitative estimate of drug-likeness (QED) is 0.734. The number of aryl methyl sites for hydroxylation is 1. The van der Waals surface area contributed by atoms with Gasteiger partial charge in [-0.15, -0.1) is 0 Å². The fourth-order valence-electron chi connectivity index (χ4n) is 1.23. The smallest absolute Gasteiger partial charge is 0.263 e. The highest BCUT2D eigenvalue weighted by Gasteiger charge is 2.05. The Balaban J connectivity index is 2.96. The van der Waals surface area contributed by atoms with E-state index in [1.807, 2.05) is 6.92 Å². The number of halogens is 1. The van der Waals surface area contributed by atoms with Crippen LogP contribution in [0, 0.1) is 6.92 Å². The van der Waals surface area contributed by atoms with Crippen LogP contribution in [0.1, 0.15) is 5.69 Å². The summed E-state index contributed by atoms with van der Waals surface area (Å²) in [6, 6.07) is 1.68. The van der Waals surface area contributed by atoms with Crippen LogP contribution in [0.15, 0.2) is 15.3 Å². The molecule has 5 nitrogen and oxygen atoms in total. The highest BCUT2D eigenvalue weighted by molar-refractivity contribution is 9.10. The molecule has 0 aliphatic heterocycles. The van der Waals surface area contributed by atoms with E-state index >= 15 is 0 Å². The van der Waals surface area contributed by atoms with E-state index in [9.17, 15) is 4.79 Å². The Morgan fingerprint density at radius 2 is 2.21 bits per heavy atom. The number of aromatic amines is 1. The molecule has 0 aromatic carbocycles. The van der Waals surface area contributed by atoms with Crippen molar-refractivity contribution in [2.24, 2.45) is 0 Å². The number of fused-ring (bicyclic) bond motifs is 1. The lowest BCUT2D eigenvalue weighted by Gasteiger charge is -2.01. The number of nitrogens with two attached hydrogens (primary N) is 1. The minimum absolute atomic E-state index is 0.160. The summed E-state index contributed by atoms with van der Waals surface area (Å²) >= 11 is 3.14. The Labute approximate surface area is 87.5 Å². The molecule has 0 fully saturated rings. The van der Waals surface area contributed by atoms with E-state index in [2.05, 4.69) is 30.9 Å². The van der Waals surface area contributed by atoms with Crippen LogP contribution in [0.2, 0.25) is 0 Å². The molecular weight excluding hydrogens is 248 g/mol. The summed E-state index contributed by atoms with van der Waals surface area (Å²) in [6.45, 7) is 1.81. The standard InChI is InChI=1S/C8H7BrN4O/c1-3-4-2-5(9)7(14)12-6(4)13-8(10)11-3/h2H,1H3,(H3,10,11,12,13,14). The van der Waals surface area contributed by atoms with Gasteiger partial charge in [0.25, 0.3) is 5.56 Å². The van der Waals surface area contributed by atoms with E-state index in [1.165, 1.54) is 0 Å².